The fourth-order valence-corrected chi connectivity index (χ4v) is 2.85. The molecule has 0 unspecified atom stereocenters. The van der Waals surface area contributed by atoms with Gasteiger partial charge in [0.25, 0.3) is 11.8 Å². The minimum absolute atomic E-state index is 0.0232. The number of nitrogens with one attached hydrogen (secondary N) is 1. The minimum Gasteiger partial charge on any atom is -0.451 e. The Labute approximate surface area is 151 Å². The van der Waals surface area contributed by atoms with E-state index in [1.54, 1.807) is 24.3 Å². The van der Waals surface area contributed by atoms with Crippen molar-refractivity contribution in [3.05, 3.63) is 57.1 Å². The third-order valence-electron chi connectivity index (χ3n) is 3.27. The number of benzene rings is 1. The van der Waals surface area contributed by atoms with Crippen molar-refractivity contribution >= 4 is 63.5 Å². The van der Waals surface area contributed by atoms with E-state index in [-0.39, 0.29) is 10.7 Å². The number of nitrogens with zero attached hydrogens (tertiary/aromatic N) is 1. The van der Waals surface area contributed by atoms with Crippen molar-refractivity contribution in [3.8, 4) is 0 Å². The normalized spacial score (nSPS) is 16.9. The largest absolute Gasteiger partial charge is 0.451 e. The monoisotopic (exact) mass is 438 g/mol. The first kappa shape index (κ1) is 15.9. The van der Waals surface area contributed by atoms with Gasteiger partial charge in [0.1, 0.15) is 11.3 Å². The predicted molar refractivity (Wildman–Crippen MR) is 98.8 cm³/mol. The summed E-state index contributed by atoms with van der Waals surface area (Å²) in [5.41, 5.74) is 1.64. The van der Waals surface area contributed by atoms with Crippen LogP contribution in [0.25, 0.3) is 6.08 Å². The number of carbonyl (C=O) groups excluding carboxylic acids is 2. The second-order valence-electron chi connectivity index (χ2n) is 4.94. The van der Waals surface area contributed by atoms with E-state index in [0.29, 0.717) is 15.2 Å². The zero-order valence-corrected chi connectivity index (χ0v) is 15.0. The minimum atomic E-state index is -0.533. The standard InChI is InChI=1S/C16H11IN2O3S/c1-9-2-4-10(5-3-9)19-15(21)12(14(20)18-16(19)23)8-11-6-7-13(17)22-11/h2-8H,1H3,(H,18,20,23). The van der Waals surface area contributed by atoms with Crippen LogP contribution in [-0.4, -0.2) is 16.9 Å². The first-order valence-corrected chi connectivity index (χ1v) is 8.18. The number of aryl methyl sites for hydroxylation is 1. The first-order valence-electron chi connectivity index (χ1n) is 6.69. The van der Waals surface area contributed by atoms with Gasteiger partial charge >= 0.3 is 0 Å². The lowest BCUT2D eigenvalue weighted by Gasteiger charge is -2.28. The van der Waals surface area contributed by atoms with Gasteiger partial charge < -0.3 is 4.42 Å². The van der Waals surface area contributed by atoms with Crippen LogP contribution in [0.4, 0.5) is 5.69 Å². The molecule has 5 nitrogen and oxygen atoms in total. The van der Waals surface area contributed by atoms with E-state index in [4.69, 9.17) is 16.6 Å². The van der Waals surface area contributed by atoms with Crippen LogP contribution in [0.15, 0.2) is 46.4 Å². The van der Waals surface area contributed by atoms with Crippen molar-refractivity contribution in [3.63, 3.8) is 0 Å². The molecule has 1 N–H and O–H groups in total. The maximum Gasteiger partial charge on any atom is 0.270 e. The average molecular weight is 438 g/mol. The molecule has 1 fully saturated rings. The fraction of sp³-hybridized carbons (Fsp3) is 0.0625. The van der Waals surface area contributed by atoms with E-state index in [1.165, 1.54) is 11.0 Å². The van der Waals surface area contributed by atoms with Crippen molar-refractivity contribution in [2.24, 2.45) is 0 Å². The Hall–Kier alpha value is -2.00. The highest BCUT2D eigenvalue weighted by atomic mass is 127. The number of thiocarbonyl (C=S) groups is 1. The van der Waals surface area contributed by atoms with Crippen LogP contribution in [0.1, 0.15) is 11.3 Å². The number of anilines is 1. The lowest BCUT2D eigenvalue weighted by molar-refractivity contribution is -0.122. The Morgan fingerprint density at radius 3 is 2.48 bits per heavy atom. The molecule has 2 aromatic rings. The summed E-state index contributed by atoms with van der Waals surface area (Å²) in [7, 11) is 0. The third-order valence-corrected chi connectivity index (χ3v) is 4.14. The van der Waals surface area contributed by atoms with Gasteiger partial charge in [-0.1, -0.05) is 17.7 Å². The molecule has 0 radical (unpaired) electrons. The summed E-state index contributed by atoms with van der Waals surface area (Å²) in [4.78, 5) is 26.1. The number of amides is 2. The molecule has 1 aliphatic heterocycles. The van der Waals surface area contributed by atoms with Gasteiger partial charge in [-0.15, -0.1) is 0 Å². The smallest absolute Gasteiger partial charge is 0.270 e. The molecule has 3 rings (SSSR count). The first-order chi connectivity index (χ1) is 11.0. The summed E-state index contributed by atoms with van der Waals surface area (Å²) >= 11 is 7.15. The summed E-state index contributed by atoms with van der Waals surface area (Å²) in [5.74, 6) is -0.576. The van der Waals surface area contributed by atoms with Crippen LogP contribution in [-0.2, 0) is 9.59 Å². The lowest BCUT2D eigenvalue weighted by Crippen LogP contribution is -2.54. The number of furan rings is 1. The van der Waals surface area contributed by atoms with Crippen LogP contribution in [0.5, 0.6) is 0 Å². The van der Waals surface area contributed by atoms with E-state index in [0.717, 1.165) is 5.56 Å². The average Bonchev–Trinajstić information content (AvgIpc) is 2.91. The summed E-state index contributed by atoms with van der Waals surface area (Å²) in [6.07, 6.45) is 1.42. The Kier molecular flexibility index (Phi) is 4.31. The second-order valence-corrected chi connectivity index (χ2v) is 6.39. The second kappa shape index (κ2) is 6.25. The predicted octanol–water partition coefficient (Wildman–Crippen LogP) is 3.02. The van der Waals surface area contributed by atoms with E-state index in [9.17, 15) is 9.59 Å². The van der Waals surface area contributed by atoms with Crippen LogP contribution >= 0.6 is 34.8 Å². The fourth-order valence-electron chi connectivity index (χ4n) is 2.13. The summed E-state index contributed by atoms with van der Waals surface area (Å²) in [5, 5.41) is 2.60. The van der Waals surface area contributed by atoms with Crippen molar-refractivity contribution in [1.29, 1.82) is 0 Å². The van der Waals surface area contributed by atoms with E-state index in [2.05, 4.69) is 5.32 Å². The van der Waals surface area contributed by atoms with Gasteiger partial charge in [0.05, 0.1) is 5.69 Å². The quantitative estimate of drug-likeness (QED) is 0.339. The molecule has 116 valence electrons. The molecule has 0 spiro atoms. The Morgan fingerprint density at radius 1 is 1.17 bits per heavy atom. The van der Waals surface area contributed by atoms with Gasteiger partial charge in [0, 0.05) is 0 Å². The molecule has 23 heavy (non-hydrogen) atoms. The third kappa shape index (κ3) is 3.20. The van der Waals surface area contributed by atoms with E-state index in [1.807, 2.05) is 41.6 Å². The molecule has 1 saturated heterocycles. The summed E-state index contributed by atoms with van der Waals surface area (Å²) in [6, 6.07) is 10.8. The van der Waals surface area contributed by atoms with E-state index >= 15 is 0 Å². The zero-order chi connectivity index (χ0) is 16.6. The Morgan fingerprint density at radius 2 is 1.87 bits per heavy atom. The molecule has 7 heteroatoms. The molecule has 0 bridgehead atoms. The molecule has 2 amide bonds. The number of rotatable bonds is 2. The highest BCUT2D eigenvalue weighted by molar-refractivity contribution is 14.1. The van der Waals surface area contributed by atoms with Gasteiger partial charge in [-0.2, -0.15) is 0 Å². The molecular weight excluding hydrogens is 427 g/mol. The van der Waals surface area contributed by atoms with Crippen molar-refractivity contribution in [2.75, 3.05) is 4.90 Å². The topological polar surface area (TPSA) is 62.6 Å². The molecule has 0 saturated carbocycles. The molecule has 0 aliphatic carbocycles. The van der Waals surface area contributed by atoms with Crippen molar-refractivity contribution in [2.45, 2.75) is 6.92 Å². The van der Waals surface area contributed by atoms with Crippen LogP contribution in [0.2, 0.25) is 0 Å². The van der Waals surface area contributed by atoms with Crippen LogP contribution in [0, 0.1) is 10.7 Å². The molecule has 1 aromatic carbocycles. The summed E-state index contributed by atoms with van der Waals surface area (Å²) in [6.45, 7) is 1.95. The SMILES string of the molecule is Cc1ccc(N2C(=O)C(=Cc3ccc(I)o3)C(=O)NC2=S)cc1. The maximum absolute atomic E-state index is 12.7. The summed E-state index contributed by atoms with van der Waals surface area (Å²) < 4.78 is 6.06. The highest BCUT2D eigenvalue weighted by Crippen LogP contribution is 2.23. The Bertz CT molecular complexity index is 839. The molecule has 1 aliphatic rings. The van der Waals surface area contributed by atoms with Gasteiger partial charge in [0.2, 0.25) is 0 Å². The molecule has 0 atom stereocenters. The number of carbonyl (C=O) groups is 2. The zero-order valence-electron chi connectivity index (χ0n) is 12.0. The van der Waals surface area contributed by atoms with Crippen LogP contribution < -0.4 is 10.2 Å². The van der Waals surface area contributed by atoms with Gasteiger partial charge in [-0.05, 0) is 72.1 Å². The maximum atomic E-state index is 12.7. The van der Waals surface area contributed by atoms with Gasteiger partial charge in [-0.3, -0.25) is 19.8 Å². The van der Waals surface area contributed by atoms with Crippen LogP contribution in [0.3, 0.4) is 0 Å². The van der Waals surface area contributed by atoms with E-state index < -0.39 is 11.8 Å². The highest BCUT2D eigenvalue weighted by Gasteiger charge is 2.34. The van der Waals surface area contributed by atoms with Gasteiger partial charge in [-0.25, -0.2) is 0 Å². The lowest BCUT2D eigenvalue weighted by atomic mass is 10.1. The number of halogens is 1. The van der Waals surface area contributed by atoms with Gasteiger partial charge in [0.15, 0.2) is 8.88 Å². The Balaban J connectivity index is 2.00. The molecule has 1 aromatic heterocycles. The van der Waals surface area contributed by atoms with Crippen molar-refractivity contribution < 1.29 is 14.0 Å². The van der Waals surface area contributed by atoms with Crippen molar-refractivity contribution in [1.82, 2.24) is 5.32 Å². The molecule has 2 heterocycles. The number of hydrogen-bond donors (Lipinski definition) is 1. The number of hydrogen-bond acceptors (Lipinski definition) is 4. The molecular formula is C16H11IN2O3S.